The number of nitrogens with two attached hydrogens (primary N) is 1. The van der Waals surface area contributed by atoms with Gasteiger partial charge in [0.15, 0.2) is 0 Å². The second-order valence-corrected chi connectivity index (χ2v) is 12.7. The van der Waals surface area contributed by atoms with E-state index in [0.717, 1.165) is 35.9 Å². The number of anilines is 2. The standard InChI is InChI=1S/C21H22F2N2O2.C12H17FN2O.C9H7FO2/c1-15(24-21(26)9-4-16-2-6-18(22)7-3-16)17-5-8-19(23)20(14-17)25-10-12-27-13-11-25;1-9(14)10-2-3-11(13)12(8-10)15-4-6-16-7-5-15;10-8-4-1-7(2-5-8)3-6-9(11)12/h2-9,14-15H,10-13H2,1H3,(H,24,26);2-3,8-9H,4-7,14H2,1H3;1-6H,(H,11,12)/b9-4+;;6-3+. The first kappa shape index (κ1) is 42.2. The third-order valence-corrected chi connectivity index (χ3v) is 8.61. The maximum atomic E-state index is 14.2. The SMILES string of the molecule is CC(N)c1ccc(F)c(N2CCOCC2)c1.CC(NC(=O)/C=C/c1ccc(F)cc1)c1ccc(F)c(N2CCOCC2)c1.O=C(O)/C=C/c1ccc(F)cc1. The molecule has 1 amide bonds. The van der Waals surface area contributed by atoms with Crippen LogP contribution in [0.25, 0.3) is 12.2 Å². The minimum absolute atomic E-state index is 0.0691. The van der Waals surface area contributed by atoms with E-state index < -0.39 is 5.97 Å². The summed E-state index contributed by atoms with van der Waals surface area (Å²) in [6.07, 6.45) is 5.43. The van der Waals surface area contributed by atoms with Gasteiger partial charge >= 0.3 is 5.97 Å². The summed E-state index contributed by atoms with van der Waals surface area (Å²) in [6, 6.07) is 21.0. The number of carboxylic acid groups (broad SMARTS) is 1. The van der Waals surface area contributed by atoms with Crippen LogP contribution in [-0.2, 0) is 19.1 Å². The van der Waals surface area contributed by atoms with E-state index in [9.17, 15) is 27.2 Å². The molecule has 4 aromatic rings. The lowest BCUT2D eigenvalue weighted by atomic mass is 10.1. The summed E-state index contributed by atoms with van der Waals surface area (Å²) in [4.78, 5) is 26.2. The number of carbonyl (C=O) groups excluding carboxylic acids is 1. The molecule has 2 saturated heterocycles. The summed E-state index contributed by atoms with van der Waals surface area (Å²) in [5, 5.41) is 11.1. The van der Waals surface area contributed by atoms with E-state index in [2.05, 4.69) is 5.32 Å². The number of hydrogen-bond acceptors (Lipinski definition) is 7. The highest BCUT2D eigenvalue weighted by Gasteiger charge is 2.18. The van der Waals surface area contributed by atoms with Gasteiger partial charge in [0.25, 0.3) is 0 Å². The van der Waals surface area contributed by atoms with E-state index in [4.69, 9.17) is 20.3 Å². The minimum Gasteiger partial charge on any atom is -0.478 e. The van der Waals surface area contributed by atoms with Crippen molar-refractivity contribution in [1.29, 1.82) is 0 Å². The molecule has 0 saturated carbocycles. The van der Waals surface area contributed by atoms with Gasteiger partial charge in [-0.3, -0.25) is 4.79 Å². The van der Waals surface area contributed by atoms with Crippen molar-refractivity contribution in [3.8, 4) is 0 Å². The lowest BCUT2D eigenvalue weighted by Gasteiger charge is -2.29. The van der Waals surface area contributed by atoms with E-state index >= 15 is 0 Å². The number of morpholine rings is 2. The highest BCUT2D eigenvalue weighted by molar-refractivity contribution is 5.92. The van der Waals surface area contributed by atoms with Crippen LogP contribution in [-0.4, -0.2) is 69.6 Å². The number of halogens is 4. The number of rotatable bonds is 9. The van der Waals surface area contributed by atoms with E-state index in [-0.39, 0.29) is 41.3 Å². The Morgan fingerprint density at radius 2 is 1.09 bits per heavy atom. The first-order chi connectivity index (χ1) is 26.4. The van der Waals surface area contributed by atoms with Crippen LogP contribution in [0, 0.1) is 23.3 Å². The van der Waals surface area contributed by atoms with Crippen molar-refractivity contribution >= 4 is 35.4 Å². The van der Waals surface area contributed by atoms with Crippen LogP contribution < -0.4 is 20.9 Å². The smallest absolute Gasteiger partial charge is 0.328 e. The summed E-state index contributed by atoms with van der Waals surface area (Å²) in [6.45, 7) is 8.95. The molecule has 292 valence electrons. The monoisotopic (exact) mass is 762 g/mol. The van der Waals surface area contributed by atoms with E-state index in [1.165, 1.54) is 60.7 Å². The van der Waals surface area contributed by atoms with Gasteiger partial charge in [0, 0.05) is 44.4 Å². The zero-order valence-corrected chi connectivity index (χ0v) is 30.8. The van der Waals surface area contributed by atoms with Gasteiger partial charge in [0.1, 0.15) is 23.3 Å². The van der Waals surface area contributed by atoms with Crippen LogP contribution in [0.1, 0.15) is 48.2 Å². The molecular formula is C42H46F4N4O5. The van der Waals surface area contributed by atoms with Crippen molar-refractivity contribution in [2.45, 2.75) is 25.9 Å². The van der Waals surface area contributed by atoms with Crippen molar-refractivity contribution in [2.24, 2.45) is 5.73 Å². The van der Waals surface area contributed by atoms with E-state index in [1.807, 2.05) is 29.7 Å². The van der Waals surface area contributed by atoms with Gasteiger partial charge in [-0.25, -0.2) is 22.4 Å². The molecule has 4 N–H and O–H groups in total. The number of amides is 1. The van der Waals surface area contributed by atoms with E-state index in [1.54, 1.807) is 36.4 Å². The molecule has 0 bridgehead atoms. The predicted octanol–water partition coefficient (Wildman–Crippen LogP) is 7.30. The van der Waals surface area contributed by atoms with Crippen LogP contribution in [0.3, 0.4) is 0 Å². The van der Waals surface area contributed by atoms with Gasteiger partial charge in [-0.2, -0.15) is 0 Å². The molecule has 2 aliphatic rings. The molecule has 2 fully saturated rings. The first-order valence-electron chi connectivity index (χ1n) is 17.8. The predicted molar refractivity (Wildman–Crippen MR) is 207 cm³/mol. The number of nitrogens with one attached hydrogen (secondary N) is 1. The third kappa shape index (κ3) is 14.0. The Labute approximate surface area is 318 Å². The highest BCUT2D eigenvalue weighted by atomic mass is 19.1. The maximum absolute atomic E-state index is 14.2. The number of carbonyl (C=O) groups is 2. The molecule has 2 heterocycles. The third-order valence-electron chi connectivity index (χ3n) is 8.61. The number of benzene rings is 4. The average molecular weight is 763 g/mol. The molecule has 13 heteroatoms. The second kappa shape index (κ2) is 21.4. The lowest BCUT2D eigenvalue weighted by molar-refractivity contribution is -0.131. The normalized spacial score (nSPS) is 15.4. The molecule has 0 aliphatic carbocycles. The molecule has 6 rings (SSSR count). The van der Waals surface area contributed by atoms with Crippen molar-refractivity contribution < 1.29 is 41.7 Å². The van der Waals surface area contributed by atoms with Gasteiger partial charge in [-0.15, -0.1) is 0 Å². The number of carboxylic acids is 1. The second-order valence-electron chi connectivity index (χ2n) is 12.7. The van der Waals surface area contributed by atoms with Gasteiger partial charge < -0.3 is 35.4 Å². The summed E-state index contributed by atoms with van der Waals surface area (Å²) in [5.74, 6) is -2.41. The molecule has 2 unspecified atom stereocenters. The largest absolute Gasteiger partial charge is 0.478 e. The highest BCUT2D eigenvalue weighted by Crippen LogP contribution is 2.26. The molecular weight excluding hydrogens is 716 g/mol. The summed E-state index contributed by atoms with van der Waals surface area (Å²) in [5.41, 5.74) is 10.1. The Bertz CT molecular complexity index is 1890. The van der Waals surface area contributed by atoms with Crippen molar-refractivity contribution in [1.82, 2.24) is 5.32 Å². The molecule has 2 aliphatic heterocycles. The number of ether oxygens (including phenoxy) is 2. The fraction of sp³-hybridized carbons (Fsp3) is 0.286. The molecule has 0 aromatic heterocycles. The number of aliphatic carboxylic acids is 1. The van der Waals surface area contributed by atoms with Crippen LogP contribution in [0.5, 0.6) is 0 Å². The van der Waals surface area contributed by atoms with Crippen molar-refractivity contribution in [3.05, 3.63) is 143 Å². The maximum Gasteiger partial charge on any atom is 0.328 e. The minimum atomic E-state index is -1.01. The molecule has 0 spiro atoms. The van der Waals surface area contributed by atoms with Crippen molar-refractivity contribution in [3.63, 3.8) is 0 Å². The molecule has 0 radical (unpaired) electrons. The van der Waals surface area contributed by atoms with Gasteiger partial charge in [-0.05, 0) is 96.8 Å². The topological polar surface area (TPSA) is 117 Å². The Kier molecular flexibility index (Phi) is 16.4. The number of hydrogen-bond donors (Lipinski definition) is 3. The van der Waals surface area contributed by atoms with Crippen LogP contribution in [0.2, 0.25) is 0 Å². The van der Waals surface area contributed by atoms with E-state index in [0.29, 0.717) is 56.5 Å². The summed E-state index contributed by atoms with van der Waals surface area (Å²) < 4.78 is 63.7. The fourth-order valence-electron chi connectivity index (χ4n) is 5.54. The Morgan fingerprint density at radius 3 is 1.53 bits per heavy atom. The Morgan fingerprint density at radius 1 is 0.673 bits per heavy atom. The van der Waals surface area contributed by atoms with Crippen LogP contribution in [0.4, 0.5) is 28.9 Å². The molecule has 55 heavy (non-hydrogen) atoms. The van der Waals surface area contributed by atoms with Crippen LogP contribution >= 0.6 is 0 Å². The van der Waals surface area contributed by atoms with Gasteiger partial charge in [0.2, 0.25) is 5.91 Å². The Hall–Kier alpha value is -5.50. The quantitative estimate of drug-likeness (QED) is 0.120. The fourth-order valence-corrected chi connectivity index (χ4v) is 5.54. The molecule has 9 nitrogen and oxygen atoms in total. The zero-order valence-electron chi connectivity index (χ0n) is 30.8. The summed E-state index contributed by atoms with van der Waals surface area (Å²) in [7, 11) is 0. The summed E-state index contributed by atoms with van der Waals surface area (Å²) >= 11 is 0. The average Bonchev–Trinajstić information content (AvgIpc) is 3.19. The Balaban J connectivity index is 0.000000203. The lowest BCUT2D eigenvalue weighted by Crippen LogP contribution is -2.37. The van der Waals surface area contributed by atoms with Crippen molar-refractivity contribution in [2.75, 3.05) is 62.4 Å². The van der Waals surface area contributed by atoms with Gasteiger partial charge in [0.05, 0.1) is 43.8 Å². The first-order valence-corrected chi connectivity index (χ1v) is 17.8. The van der Waals surface area contributed by atoms with Crippen LogP contribution in [0.15, 0.2) is 97.1 Å². The zero-order chi connectivity index (χ0) is 39.7. The van der Waals surface area contributed by atoms with Gasteiger partial charge in [-0.1, -0.05) is 36.4 Å². The molecule has 2 atom stereocenters. The number of nitrogens with zero attached hydrogens (tertiary/aromatic N) is 2. The molecule has 4 aromatic carbocycles.